The fraction of sp³-hybridized carbons (Fsp3) is 0.294. The molecule has 0 amide bonds. The Morgan fingerprint density at radius 2 is 1.86 bits per heavy atom. The normalized spacial score (nSPS) is 10.9. The van der Waals surface area contributed by atoms with Crippen molar-refractivity contribution in [2.24, 2.45) is 0 Å². The van der Waals surface area contributed by atoms with Gasteiger partial charge in [0.05, 0.1) is 4.47 Å². The molecule has 1 N–H and O–H groups in total. The second-order valence-electron chi connectivity index (χ2n) is 5.22. The van der Waals surface area contributed by atoms with Crippen LogP contribution in [0.1, 0.15) is 25.0 Å². The van der Waals surface area contributed by atoms with E-state index in [1.807, 2.05) is 18.2 Å². The van der Waals surface area contributed by atoms with Gasteiger partial charge in [-0.05, 0) is 51.3 Å². The van der Waals surface area contributed by atoms with E-state index in [0.29, 0.717) is 12.6 Å². The summed E-state index contributed by atoms with van der Waals surface area (Å²) in [6.07, 6.45) is 0. The van der Waals surface area contributed by atoms with Gasteiger partial charge in [0, 0.05) is 17.1 Å². The molecule has 4 heteroatoms. The van der Waals surface area contributed by atoms with Crippen LogP contribution in [0.3, 0.4) is 0 Å². The molecule has 0 aliphatic heterocycles. The zero-order valence-corrected chi connectivity index (χ0v) is 15.4. The fourth-order valence-corrected chi connectivity index (χ4v) is 2.87. The number of halogens is 2. The maximum atomic E-state index is 5.87. The van der Waals surface area contributed by atoms with Gasteiger partial charge in [0.2, 0.25) is 0 Å². The van der Waals surface area contributed by atoms with E-state index in [2.05, 4.69) is 75.3 Å². The number of hydrogen-bond donors (Lipinski definition) is 1. The van der Waals surface area contributed by atoms with E-state index in [-0.39, 0.29) is 0 Å². The van der Waals surface area contributed by atoms with Gasteiger partial charge in [0.25, 0.3) is 0 Å². The molecule has 112 valence electrons. The number of benzene rings is 2. The minimum Gasteiger partial charge on any atom is -0.488 e. The first-order chi connectivity index (χ1) is 10.0. The van der Waals surface area contributed by atoms with Gasteiger partial charge >= 0.3 is 0 Å². The topological polar surface area (TPSA) is 21.3 Å². The lowest BCUT2D eigenvalue weighted by Crippen LogP contribution is -2.21. The summed E-state index contributed by atoms with van der Waals surface area (Å²) in [5, 5.41) is 3.41. The lowest BCUT2D eigenvalue weighted by molar-refractivity contribution is 0.304. The molecule has 0 radical (unpaired) electrons. The van der Waals surface area contributed by atoms with Crippen molar-refractivity contribution in [3.63, 3.8) is 0 Å². The molecule has 0 saturated carbocycles. The van der Waals surface area contributed by atoms with Gasteiger partial charge in [-0.25, -0.2) is 0 Å². The highest BCUT2D eigenvalue weighted by Crippen LogP contribution is 2.27. The first-order valence-electron chi connectivity index (χ1n) is 6.93. The molecular formula is C17H19Br2NO. The van der Waals surface area contributed by atoms with Crippen molar-refractivity contribution in [3.05, 3.63) is 62.5 Å². The summed E-state index contributed by atoms with van der Waals surface area (Å²) < 4.78 is 7.92. The van der Waals surface area contributed by atoms with Gasteiger partial charge in [0.1, 0.15) is 12.4 Å². The van der Waals surface area contributed by atoms with Crippen LogP contribution in [0.2, 0.25) is 0 Å². The minimum absolute atomic E-state index is 0.483. The minimum atomic E-state index is 0.483. The van der Waals surface area contributed by atoms with Crippen molar-refractivity contribution in [3.8, 4) is 5.75 Å². The Morgan fingerprint density at radius 3 is 2.52 bits per heavy atom. The second-order valence-corrected chi connectivity index (χ2v) is 6.99. The monoisotopic (exact) mass is 411 g/mol. The van der Waals surface area contributed by atoms with E-state index >= 15 is 0 Å². The average Bonchev–Trinajstić information content (AvgIpc) is 2.44. The predicted molar refractivity (Wildman–Crippen MR) is 94.6 cm³/mol. The molecule has 0 heterocycles. The maximum Gasteiger partial charge on any atom is 0.134 e. The van der Waals surface area contributed by atoms with E-state index in [0.717, 1.165) is 26.8 Å². The number of nitrogens with one attached hydrogen (secondary N) is 1. The Kier molecular flexibility index (Phi) is 6.27. The molecule has 2 aromatic rings. The summed E-state index contributed by atoms with van der Waals surface area (Å²) >= 11 is 7.05. The zero-order valence-electron chi connectivity index (χ0n) is 12.2. The van der Waals surface area contributed by atoms with Gasteiger partial charge in [-0.1, -0.05) is 48.0 Å². The predicted octanol–water partition coefficient (Wildman–Crippen LogP) is 5.29. The third kappa shape index (κ3) is 5.46. The highest BCUT2D eigenvalue weighted by atomic mass is 79.9. The molecule has 0 bridgehead atoms. The smallest absolute Gasteiger partial charge is 0.134 e. The Morgan fingerprint density at radius 1 is 1.05 bits per heavy atom. The third-order valence-corrected chi connectivity index (χ3v) is 4.11. The van der Waals surface area contributed by atoms with Gasteiger partial charge in [-0.15, -0.1) is 0 Å². The van der Waals surface area contributed by atoms with Gasteiger partial charge < -0.3 is 10.1 Å². The Bertz CT molecular complexity index is 599. The molecule has 0 aromatic heterocycles. The average molecular weight is 413 g/mol. The maximum absolute atomic E-state index is 5.87. The van der Waals surface area contributed by atoms with Crippen molar-refractivity contribution in [1.29, 1.82) is 0 Å². The Labute approximate surface area is 143 Å². The zero-order chi connectivity index (χ0) is 15.2. The van der Waals surface area contributed by atoms with Crippen molar-refractivity contribution < 1.29 is 4.74 Å². The van der Waals surface area contributed by atoms with E-state index in [9.17, 15) is 0 Å². The molecule has 2 nitrogen and oxygen atoms in total. The summed E-state index contributed by atoms with van der Waals surface area (Å²) in [6.45, 7) is 5.71. The van der Waals surface area contributed by atoms with Crippen molar-refractivity contribution >= 4 is 31.9 Å². The fourth-order valence-electron chi connectivity index (χ4n) is 1.88. The first-order valence-corrected chi connectivity index (χ1v) is 8.52. The Hall–Kier alpha value is -0.840. The van der Waals surface area contributed by atoms with E-state index in [4.69, 9.17) is 4.74 Å². The molecule has 0 aliphatic rings. The van der Waals surface area contributed by atoms with Crippen LogP contribution in [0.5, 0.6) is 5.75 Å². The number of ether oxygens (including phenoxy) is 1. The van der Waals surface area contributed by atoms with Crippen LogP contribution in [0, 0.1) is 0 Å². The van der Waals surface area contributed by atoms with Gasteiger partial charge in [-0.3, -0.25) is 0 Å². The van der Waals surface area contributed by atoms with Crippen LogP contribution >= 0.6 is 31.9 Å². The lowest BCUT2D eigenvalue weighted by atomic mass is 10.2. The van der Waals surface area contributed by atoms with Crippen LogP contribution in [-0.4, -0.2) is 6.04 Å². The third-order valence-electron chi connectivity index (χ3n) is 2.99. The Balaban J connectivity index is 1.97. The van der Waals surface area contributed by atoms with E-state index in [1.54, 1.807) is 0 Å². The summed E-state index contributed by atoms with van der Waals surface area (Å²) in [6, 6.07) is 14.8. The molecule has 0 fully saturated rings. The first kappa shape index (κ1) is 16.5. The molecule has 21 heavy (non-hydrogen) atoms. The van der Waals surface area contributed by atoms with E-state index < -0.39 is 0 Å². The van der Waals surface area contributed by atoms with Gasteiger partial charge in [-0.2, -0.15) is 0 Å². The molecule has 0 aliphatic carbocycles. The lowest BCUT2D eigenvalue weighted by Gasteiger charge is -2.12. The molecular weight excluding hydrogens is 394 g/mol. The summed E-state index contributed by atoms with van der Waals surface area (Å²) in [5.74, 6) is 0.864. The standard InChI is InChI=1S/C17H19Br2NO/c1-12(2)20-10-13-6-7-17(16(19)9-13)21-11-14-4-3-5-15(18)8-14/h3-9,12,20H,10-11H2,1-2H3. The van der Waals surface area contributed by atoms with Crippen LogP contribution in [-0.2, 0) is 13.2 Å². The quantitative estimate of drug-likeness (QED) is 0.695. The van der Waals surface area contributed by atoms with Crippen LogP contribution < -0.4 is 10.1 Å². The largest absolute Gasteiger partial charge is 0.488 e. The highest BCUT2D eigenvalue weighted by molar-refractivity contribution is 9.10. The molecule has 2 rings (SSSR count). The van der Waals surface area contributed by atoms with Crippen molar-refractivity contribution in [1.82, 2.24) is 5.32 Å². The summed E-state index contributed by atoms with van der Waals surface area (Å²) in [7, 11) is 0. The number of rotatable bonds is 6. The van der Waals surface area contributed by atoms with Crippen LogP contribution in [0.25, 0.3) is 0 Å². The SMILES string of the molecule is CC(C)NCc1ccc(OCc2cccc(Br)c2)c(Br)c1. The summed E-state index contributed by atoms with van der Waals surface area (Å²) in [4.78, 5) is 0. The number of hydrogen-bond acceptors (Lipinski definition) is 2. The van der Waals surface area contributed by atoms with Gasteiger partial charge in [0.15, 0.2) is 0 Å². The second kappa shape index (κ2) is 7.97. The molecule has 2 aromatic carbocycles. The van der Waals surface area contributed by atoms with Crippen molar-refractivity contribution in [2.45, 2.75) is 33.0 Å². The molecule has 0 spiro atoms. The van der Waals surface area contributed by atoms with E-state index in [1.165, 1.54) is 5.56 Å². The van der Waals surface area contributed by atoms with Crippen LogP contribution in [0.4, 0.5) is 0 Å². The van der Waals surface area contributed by atoms with Crippen molar-refractivity contribution in [2.75, 3.05) is 0 Å². The molecule has 0 atom stereocenters. The molecule has 0 unspecified atom stereocenters. The summed E-state index contributed by atoms with van der Waals surface area (Å²) in [5.41, 5.74) is 2.38. The molecule has 0 saturated heterocycles. The highest BCUT2D eigenvalue weighted by Gasteiger charge is 2.04. The van der Waals surface area contributed by atoms with Crippen LogP contribution in [0.15, 0.2) is 51.4 Å².